The summed E-state index contributed by atoms with van der Waals surface area (Å²) >= 11 is 5.82. The average molecular weight is 401 g/mol. The second kappa shape index (κ2) is 7.93. The van der Waals surface area contributed by atoms with Gasteiger partial charge in [0.25, 0.3) is 11.8 Å². The van der Waals surface area contributed by atoms with E-state index in [-0.39, 0.29) is 17.0 Å². The number of barbiturate groups is 1. The molecular formula is C19H13ClN2O6. The van der Waals surface area contributed by atoms with Crippen molar-refractivity contribution in [3.63, 3.8) is 0 Å². The van der Waals surface area contributed by atoms with Crippen LogP contribution in [0.3, 0.4) is 0 Å². The van der Waals surface area contributed by atoms with Crippen LogP contribution < -0.4 is 15.0 Å². The highest BCUT2D eigenvalue weighted by molar-refractivity contribution is 6.39. The minimum Gasteiger partial charge on any atom is -0.482 e. The molecule has 1 saturated heterocycles. The topological polar surface area (TPSA) is 113 Å². The molecule has 1 fully saturated rings. The third kappa shape index (κ3) is 4.18. The fraction of sp³-hybridized carbons (Fsp3) is 0.0526. The molecule has 3 rings (SSSR count). The Morgan fingerprint density at radius 3 is 2.54 bits per heavy atom. The predicted octanol–water partition coefficient (Wildman–Crippen LogP) is 2.47. The molecule has 2 N–H and O–H groups in total. The molecule has 1 aliphatic rings. The molecule has 1 heterocycles. The smallest absolute Gasteiger partial charge is 0.341 e. The Morgan fingerprint density at radius 1 is 1.14 bits per heavy atom. The third-order valence-electron chi connectivity index (χ3n) is 3.72. The minimum atomic E-state index is -1.14. The zero-order valence-corrected chi connectivity index (χ0v) is 15.0. The van der Waals surface area contributed by atoms with E-state index >= 15 is 0 Å². The Bertz CT molecular complexity index is 1000. The SMILES string of the molecule is O=C(O)COc1cccc(/C=C2\C(=O)NC(=O)N(c3ccc(Cl)cc3)C2=O)c1. The van der Waals surface area contributed by atoms with Crippen LogP contribution in [0, 0.1) is 0 Å². The van der Waals surface area contributed by atoms with Gasteiger partial charge in [0, 0.05) is 5.02 Å². The van der Waals surface area contributed by atoms with Crippen LogP contribution in [0.1, 0.15) is 5.56 Å². The van der Waals surface area contributed by atoms with Crippen molar-refractivity contribution >= 4 is 47.2 Å². The monoisotopic (exact) mass is 400 g/mol. The molecule has 0 unspecified atom stereocenters. The molecule has 0 bridgehead atoms. The number of anilines is 1. The number of urea groups is 1. The molecule has 0 atom stereocenters. The summed E-state index contributed by atoms with van der Waals surface area (Å²) < 4.78 is 5.08. The van der Waals surface area contributed by atoms with Gasteiger partial charge in [-0.25, -0.2) is 14.5 Å². The summed E-state index contributed by atoms with van der Waals surface area (Å²) in [5, 5.41) is 11.2. The molecule has 0 aromatic heterocycles. The van der Waals surface area contributed by atoms with Gasteiger partial charge in [-0.3, -0.25) is 14.9 Å². The van der Waals surface area contributed by atoms with Gasteiger partial charge in [0.05, 0.1) is 5.69 Å². The number of aliphatic carboxylic acids is 1. The van der Waals surface area contributed by atoms with Gasteiger partial charge < -0.3 is 9.84 Å². The maximum atomic E-state index is 12.8. The molecular weight excluding hydrogens is 388 g/mol. The van der Waals surface area contributed by atoms with Crippen molar-refractivity contribution in [2.75, 3.05) is 11.5 Å². The molecule has 8 nitrogen and oxygen atoms in total. The molecule has 0 spiro atoms. The first-order valence-electron chi connectivity index (χ1n) is 7.97. The number of hydrogen-bond donors (Lipinski definition) is 2. The summed E-state index contributed by atoms with van der Waals surface area (Å²) in [6.07, 6.45) is 1.29. The van der Waals surface area contributed by atoms with Crippen LogP contribution in [-0.4, -0.2) is 35.5 Å². The maximum Gasteiger partial charge on any atom is 0.341 e. The van der Waals surface area contributed by atoms with Crippen molar-refractivity contribution in [1.82, 2.24) is 5.32 Å². The van der Waals surface area contributed by atoms with E-state index in [0.29, 0.717) is 10.6 Å². The Morgan fingerprint density at radius 2 is 1.86 bits per heavy atom. The van der Waals surface area contributed by atoms with Gasteiger partial charge in [0.2, 0.25) is 0 Å². The number of ether oxygens (including phenoxy) is 1. The Balaban J connectivity index is 1.92. The van der Waals surface area contributed by atoms with Crippen LogP contribution in [0.5, 0.6) is 5.75 Å². The minimum absolute atomic E-state index is 0.254. The number of hydrogen-bond acceptors (Lipinski definition) is 5. The number of rotatable bonds is 5. The lowest BCUT2D eigenvalue weighted by Crippen LogP contribution is -2.54. The van der Waals surface area contributed by atoms with E-state index in [1.807, 2.05) is 0 Å². The average Bonchev–Trinajstić information content (AvgIpc) is 2.65. The van der Waals surface area contributed by atoms with Gasteiger partial charge >= 0.3 is 12.0 Å². The summed E-state index contributed by atoms with van der Waals surface area (Å²) in [4.78, 5) is 48.5. The Hall–Kier alpha value is -3.65. The Labute approximate surface area is 164 Å². The molecule has 1 aliphatic heterocycles. The summed E-state index contributed by atoms with van der Waals surface area (Å²) in [5.74, 6) is -2.52. The summed E-state index contributed by atoms with van der Waals surface area (Å²) in [6, 6.07) is 11.3. The zero-order chi connectivity index (χ0) is 20.3. The highest BCUT2D eigenvalue weighted by Gasteiger charge is 2.36. The largest absolute Gasteiger partial charge is 0.482 e. The fourth-order valence-electron chi connectivity index (χ4n) is 2.49. The van der Waals surface area contributed by atoms with Gasteiger partial charge in [-0.1, -0.05) is 23.7 Å². The number of amides is 4. The van der Waals surface area contributed by atoms with Gasteiger partial charge in [-0.05, 0) is 48.0 Å². The number of carbonyl (C=O) groups is 4. The van der Waals surface area contributed by atoms with Crippen molar-refractivity contribution < 1.29 is 29.0 Å². The van der Waals surface area contributed by atoms with Crippen LogP contribution in [-0.2, 0) is 14.4 Å². The fourth-order valence-corrected chi connectivity index (χ4v) is 2.61. The number of halogens is 1. The van der Waals surface area contributed by atoms with E-state index in [4.69, 9.17) is 21.4 Å². The van der Waals surface area contributed by atoms with E-state index in [2.05, 4.69) is 5.32 Å². The number of nitrogens with zero attached hydrogens (tertiary/aromatic N) is 1. The first-order valence-corrected chi connectivity index (χ1v) is 8.34. The van der Waals surface area contributed by atoms with E-state index in [1.54, 1.807) is 12.1 Å². The summed E-state index contributed by atoms with van der Waals surface area (Å²) in [7, 11) is 0. The molecule has 0 radical (unpaired) electrons. The van der Waals surface area contributed by atoms with Gasteiger partial charge in [-0.15, -0.1) is 0 Å². The lowest BCUT2D eigenvalue weighted by atomic mass is 10.1. The van der Waals surface area contributed by atoms with Crippen LogP contribution in [0.25, 0.3) is 6.08 Å². The zero-order valence-electron chi connectivity index (χ0n) is 14.2. The molecule has 0 saturated carbocycles. The number of imide groups is 2. The highest BCUT2D eigenvalue weighted by atomic mass is 35.5. The number of nitrogens with one attached hydrogen (secondary N) is 1. The molecule has 9 heteroatoms. The van der Waals surface area contributed by atoms with Crippen molar-refractivity contribution in [3.05, 3.63) is 64.7 Å². The summed E-state index contributed by atoms with van der Waals surface area (Å²) in [5.41, 5.74) is 0.417. The van der Waals surface area contributed by atoms with E-state index in [1.165, 1.54) is 42.5 Å². The molecule has 4 amide bonds. The van der Waals surface area contributed by atoms with Crippen molar-refractivity contribution in [2.24, 2.45) is 0 Å². The molecule has 0 aliphatic carbocycles. The van der Waals surface area contributed by atoms with Crippen LogP contribution >= 0.6 is 11.6 Å². The number of carboxylic acids is 1. The molecule has 28 heavy (non-hydrogen) atoms. The summed E-state index contributed by atoms with van der Waals surface area (Å²) in [6.45, 7) is -0.529. The van der Waals surface area contributed by atoms with Crippen molar-refractivity contribution in [1.29, 1.82) is 0 Å². The van der Waals surface area contributed by atoms with E-state index < -0.39 is 30.4 Å². The second-order valence-corrected chi connectivity index (χ2v) is 6.13. The van der Waals surface area contributed by atoms with Gasteiger partial charge in [-0.2, -0.15) is 0 Å². The first kappa shape index (κ1) is 19.1. The highest BCUT2D eigenvalue weighted by Crippen LogP contribution is 2.24. The molecule has 142 valence electrons. The number of carboxylic acid groups (broad SMARTS) is 1. The van der Waals surface area contributed by atoms with Crippen molar-refractivity contribution in [2.45, 2.75) is 0 Å². The first-order chi connectivity index (χ1) is 13.3. The lowest BCUT2D eigenvalue weighted by Gasteiger charge is -2.26. The number of benzene rings is 2. The van der Waals surface area contributed by atoms with Gasteiger partial charge in [0.15, 0.2) is 6.61 Å². The predicted molar refractivity (Wildman–Crippen MR) is 100 cm³/mol. The standard InChI is InChI=1S/C19H13ClN2O6/c20-12-4-6-13(7-5-12)22-18(26)15(17(25)21-19(22)27)9-11-2-1-3-14(8-11)28-10-16(23)24/h1-9H,10H2,(H,23,24)(H,21,25,27)/b15-9+. The lowest BCUT2D eigenvalue weighted by molar-refractivity contribution is -0.139. The van der Waals surface area contributed by atoms with Crippen LogP contribution in [0.4, 0.5) is 10.5 Å². The van der Waals surface area contributed by atoms with Crippen molar-refractivity contribution in [3.8, 4) is 5.75 Å². The molecule has 2 aromatic rings. The van der Waals surface area contributed by atoms with Crippen LogP contribution in [0.15, 0.2) is 54.1 Å². The van der Waals surface area contributed by atoms with Gasteiger partial charge in [0.1, 0.15) is 11.3 Å². The second-order valence-electron chi connectivity index (χ2n) is 5.69. The quantitative estimate of drug-likeness (QED) is 0.588. The van der Waals surface area contributed by atoms with E-state index in [9.17, 15) is 19.2 Å². The van der Waals surface area contributed by atoms with E-state index in [0.717, 1.165) is 4.90 Å². The third-order valence-corrected chi connectivity index (χ3v) is 3.97. The Kier molecular flexibility index (Phi) is 5.42. The normalized spacial score (nSPS) is 15.5. The maximum absolute atomic E-state index is 12.8. The molecule has 2 aromatic carbocycles. The van der Waals surface area contributed by atoms with Crippen LogP contribution in [0.2, 0.25) is 5.02 Å². The number of carbonyl (C=O) groups excluding carboxylic acids is 3.